The molecule has 1 heterocycles. The molecule has 1 amide bonds. The van der Waals surface area contributed by atoms with Crippen molar-refractivity contribution < 1.29 is 9.90 Å². The van der Waals surface area contributed by atoms with E-state index in [-0.39, 0.29) is 5.91 Å². The molecule has 0 spiro atoms. The topological polar surface area (TPSA) is 66.6 Å². The van der Waals surface area contributed by atoms with Crippen LogP contribution in [0.2, 0.25) is 0 Å². The molecule has 2 aromatic carbocycles. The zero-order chi connectivity index (χ0) is 19.5. The van der Waals surface area contributed by atoms with Crippen LogP contribution in [0.15, 0.2) is 48.5 Å². The van der Waals surface area contributed by atoms with Crippen LogP contribution in [0.5, 0.6) is 5.75 Å². The van der Waals surface area contributed by atoms with E-state index in [1.165, 1.54) is 5.56 Å². The highest BCUT2D eigenvalue weighted by atomic mass is 16.3. The maximum Gasteiger partial charge on any atom is 0.246 e. The quantitative estimate of drug-likeness (QED) is 0.771. The number of nitrogens with two attached hydrogens (primary N) is 1. The fraction of sp³-hybridized carbons (Fsp3) is 0.375. The highest BCUT2D eigenvalue weighted by Crippen LogP contribution is 2.44. The lowest BCUT2D eigenvalue weighted by molar-refractivity contribution is -0.126. The van der Waals surface area contributed by atoms with Gasteiger partial charge in [0.2, 0.25) is 5.91 Å². The van der Waals surface area contributed by atoms with Crippen LogP contribution in [0.3, 0.4) is 0 Å². The summed E-state index contributed by atoms with van der Waals surface area (Å²) in [7, 11) is 0. The smallest absolute Gasteiger partial charge is 0.246 e. The molecule has 4 rings (SSSR count). The molecule has 1 aliphatic heterocycles. The second-order valence-electron chi connectivity index (χ2n) is 7.97. The highest BCUT2D eigenvalue weighted by molar-refractivity contribution is 5.91. The van der Waals surface area contributed by atoms with Crippen molar-refractivity contribution in [3.63, 3.8) is 0 Å². The van der Waals surface area contributed by atoms with Crippen LogP contribution in [-0.2, 0) is 11.3 Å². The summed E-state index contributed by atoms with van der Waals surface area (Å²) in [6.45, 7) is 2.10. The molecule has 146 valence electrons. The molecule has 2 fully saturated rings. The zero-order valence-electron chi connectivity index (χ0n) is 16.2. The fourth-order valence-electron chi connectivity index (χ4n) is 4.08. The lowest BCUT2D eigenvalue weighted by Gasteiger charge is -2.31. The first kappa shape index (κ1) is 18.8. The number of nitrogens with zero attached hydrogens (tertiary/aromatic N) is 1. The SMILES string of the molecule is NCc1cccc(C2CCN(C(=O)C=Cc3ccc(C4CC4)c(O)c3)CC2)c1. The van der Waals surface area contributed by atoms with Crippen molar-refractivity contribution in [2.24, 2.45) is 5.73 Å². The molecular weight excluding hydrogens is 348 g/mol. The van der Waals surface area contributed by atoms with Crippen LogP contribution in [0.25, 0.3) is 6.08 Å². The normalized spacial score (nSPS) is 18.0. The molecule has 1 saturated carbocycles. The summed E-state index contributed by atoms with van der Waals surface area (Å²) in [5.74, 6) is 1.40. The van der Waals surface area contributed by atoms with Crippen molar-refractivity contribution in [3.05, 3.63) is 70.8 Å². The third-order valence-corrected chi connectivity index (χ3v) is 5.95. The number of amides is 1. The highest BCUT2D eigenvalue weighted by Gasteiger charge is 2.26. The summed E-state index contributed by atoms with van der Waals surface area (Å²) in [5.41, 5.74) is 10.1. The maximum atomic E-state index is 12.5. The van der Waals surface area contributed by atoms with E-state index in [1.807, 2.05) is 17.0 Å². The fourth-order valence-corrected chi connectivity index (χ4v) is 4.08. The Morgan fingerprint density at radius 2 is 1.86 bits per heavy atom. The molecule has 0 atom stereocenters. The van der Waals surface area contributed by atoms with Gasteiger partial charge in [0.1, 0.15) is 5.75 Å². The second-order valence-corrected chi connectivity index (χ2v) is 7.97. The molecule has 1 aliphatic carbocycles. The van der Waals surface area contributed by atoms with Gasteiger partial charge in [0.15, 0.2) is 0 Å². The molecule has 0 radical (unpaired) electrons. The largest absolute Gasteiger partial charge is 0.508 e. The van der Waals surface area contributed by atoms with Gasteiger partial charge in [-0.1, -0.05) is 36.4 Å². The molecule has 4 nitrogen and oxygen atoms in total. The minimum absolute atomic E-state index is 0.0416. The molecule has 3 N–H and O–H groups in total. The number of carbonyl (C=O) groups excluding carboxylic acids is 1. The number of phenols is 1. The average molecular weight is 377 g/mol. The first-order valence-corrected chi connectivity index (χ1v) is 10.2. The van der Waals surface area contributed by atoms with E-state index in [0.717, 1.165) is 55.5 Å². The molecule has 4 heteroatoms. The van der Waals surface area contributed by atoms with Crippen molar-refractivity contribution in [2.45, 2.75) is 44.1 Å². The minimum Gasteiger partial charge on any atom is -0.508 e. The third kappa shape index (κ3) is 4.28. The Labute approximate surface area is 166 Å². The van der Waals surface area contributed by atoms with Crippen LogP contribution < -0.4 is 5.73 Å². The minimum atomic E-state index is 0.0416. The molecule has 28 heavy (non-hydrogen) atoms. The van der Waals surface area contributed by atoms with Crippen molar-refractivity contribution in [3.8, 4) is 5.75 Å². The number of likely N-dealkylation sites (tertiary alicyclic amines) is 1. The molecule has 0 unspecified atom stereocenters. The van der Waals surface area contributed by atoms with Gasteiger partial charge < -0.3 is 15.7 Å². The van der Waals surface area contributed by atoms with Gasteiger partial charge in [-0.25, -0.2) is 0 Å². The Morgan fingerprint density at radius 1 is 1.07 bits per heavy atom. The van der Waals surface area contributed by atoms with Gasteiger partial charge in [0.05, 0.1) is 0 Å². The summed E-state index contributed by atoms with van der Waals surface area (Å²) in [4.78, 5) is 14.5. The van der Waals surface area contributed by atoms with Gasteiger partial charge in [-0.2, -0.15) is 0 Å². The van der Waals surface area contributed by atoms with Gasteiger partial charge in [-0.05, 0) is 71.9 Å². The third-order valence-electron chi connectivity index (χ3n) is 5.95. The van der Waals surface area contributed by atoms with Crippen LogP contribution in [0.4, 0.5) is 0 Å². The standard InChI is InChI=1S/C24H28N2O2/c25-16-18-2-1-3-21(14-18)19-10-12-26(13-11-19)24(28)9-5-17-4-8-22(20-6-7-20)23(27)15-17/h1-5,8-9,14-15,19-20,27H,6-7,10-13,16,25H2. The summed E-state index contributed by atoms with van der Waals surface area (Å²) in [6.07, 6.45) is 7.70. The van der Waals surface area contributed by atoms with E-state index in [2.05, 4.69) is 24.3 Å². The van der Waals surface area contributed by atoms with Crippen LogP contribution in [0.1, 0.15) is 59.8 Å². The number of hydrogen-bond acceptors (Lipinski definition) is 3. The maximum absolute atomic E-state index is 12.5. The van der Waals surface area contributed by atoms with E-state index in [9.17, 15) is 9.90 Å². The molecule has 2 aromatic rings. The van der Waals surface area contributed by atoms with E-state index >= 15 is 0 Å². The number of rotatable bonds is 5. The number of piperidine rings is 1. The summed E-state index contributed by atoms with van der Waals surface area (Å²) in [6, 6.07) is 14.2. The predicted octanol–water partition coefficient (Wildman–Crippen LogP) is 4.15. The Balaban J connectivity index is 1.33. The zero-order valence-corrected chi connectivity index (χ0v) is 16.2. The summed E-state index contributed by atoms with van der Waals surface area (Å²) >= 11 is 0. The Hall–Kier alpha value is -2.59. The number of benzene rings is 2. The van der Waals surface area contributed by atoms with Gasteiger partial charge in [0.25, 0.3) is 0 Å². The van der Waals surface area contributed by atoms with Gasteiger partial charge >= 0.3 is 0 Å². The van der Waals surface area contributed by atoms with Gasteiger partial charge in [-0.3, -0.25) is 4.79 Å². The monoisotopic (exact) mass is 376 g/mol. The number of aromatic hydroxyl groups is 1. The first-order chi connectivity index (χ1) is 13.6. The van der Waals surface area contributed by atoms with E-state index in [0.29, 0.717) is 24.1 Å². The molecule has 0 aromatic heterocycles. The van der Waals surface area contributed by atoms with Crippen molar-refractivity contribution in [1.82, 2.24) is 4.90 Å². The lowest BCUT2D eigenvalue weighted by Crippen LogP contribution is -2.36. The Bertz CT molecular complexity index is 878. The van der Waals surface area contributed by atoms with E-state index in [1.54, 1.807) is 18.2 Å². The van der Waals surface area contributed by atoms with E-state index in [4.69, 9.17) is 5.73 Å². The van der Waals surface area contributed by atoms with Crippen molar-refractivity contribution >= 4 is 12.0 Å². The van der Waals surface area contributed by atoms with Crippen LogP contribution in [-0.4, -0.2) is 29.0 Å². The van der Waals surface area contributed by atoms with Crippen LogP contribution >= 0.6 is 0 Å². The lowest BCUT2D eigenvalue weighted by atomic mass is 9.88. The molecule has 1 saturated heterocycles. The summed E-state index contributed by atoms with van der Waals surface area (Å²) < 4.78 is 0. The molecule has 0 bridgehead atoms. The van der Waals surface area contributed by atoms with E-state index < -0.39 is 0 Å². The average Bonchev–Trinajstić information content (AvgIpc) is 3.57. The van der Waals surface area contributed by atoms with Crippen molar-refractivity contribution in [2.75, 3.05) is 13.1 Å². The number of hydrogen-bond donors (Lipinski definition) is 2. The van der Waals surface area contributed by atoms with Crippen LogP contribution in [0, 0.1) is 0 Å². The molecular formula is C24H28N2O2. The Kier molecular flexibility index (Phi) is 5.49. The predicted molar refractivity (Wildman–Crippen MR) is 112 cm³/mol. The number of carbonyl (C=O) groups is 1. The van der Waals surface area contributed by atoms with Crippen molar-refractivity contribution in [1.29, 1.82) is 0 Å². The number of phenolic OH excluding ortho intramolecular Hbond substituents is 1. The first-order valence-electron chi connectivity index (χ1n) is 10.2. The van der Waals surface area contributed by atoms with Gasteiger partial charge in [0, 0.05) is 25.7 Å². The Morgan fingerprint density at radius 3 is 2.54 bits per heavy atom. The summed E-state index contributed by atoms with van der Waals surface area (Å²) in [5, 5.41) is 10.2. The second kappa shape index (κ2) is 8.19. The van der Waals surface area contributed by atoms with Gasteiger partial charge in [-0.15, -0.1) is 0 Å². The molecule has 2 aliphatic rings.